The number of furan rings is 1. The molecule has 3 rings (SSSR count). The Morgan fingerprint density at radius 2 is 2.03 bits per heavy atom. The van der Waals surface area contributed by atoms with Crippen molar-refractivity contribution >= 4 is 29.9 Å². The number of nitrogens with one attached hydrogen (secondary N) is 1. The molecule has 0 spiro atoms. The maximum absolute atomic E-state index is 5.73. The van der Waals surface area contributed by atoms with Gasteiger partial charge in [-0.1, -0.05) is 30.3 Å². The minimum Gasteiger partial charge on any atom is -0.469 e. The van der Waals surface area contributed by atoms with Crippen LogP contribution >= 0.6 is 24.0 Å². The Morgan fingerprint density at radius 3 is 2.80 bits per heavy atom. The lowest BCUT2D eigenvalue weighted by Crippen LogP contribution is -2.41. The molecule has 6 nitrogen and oxygen atoms in total. The third kappa shape index (κ3) is 8.65. The highest BCUT2D eigenvalue weighted by Gasteiger charge is 2.25. The first-order valence-electron chi connectivity index (χ1n) is 10.5. The van der Waals surface area contributed by atoms with Crippen molar-refractivity contribution in [3.05, 3.63) is 60.1 Å². The van der Waals surface area contributed by atoms with Gasteiger partial charge in [-0.2, -0.15) is 0 Å². The molecule has 1 aromatic heterocycles. The normalized spacial score (nSPS) is 16.5. The van der Waals surface area contributed by atoms with Crippen LogP contribution in [-0.2, 0) is 22.3 Å². The van der Waals surface area contributed by atoms with Gasteiger partial charge in [0.1, 0.15) is 5.76 Å². The van der Waals surface area contributed by atoms with Gasteiger partial charge in [-0.15, -0.1) is 24.0 Å². The van der Waals surface area contributed by atoms with Gasteiger partial charge in [0.2, 0.25) is 0 Å². The fraction of sp³-hybridized carbons (Fsp3) is 0.522. The summed E-state index contributed by atoms with van der Waals surface area (Å²) in [4.78, 5) is 7.23. The Labute approximate surface area is 197 Å². The molecule has 0 saturated carbocycles. The van der Waals surface area contributed by atoms with Crippen LogP contribution in [0.1, 0.15) is 17.7 Å². The van der Waals surface area contributed by atoms with Crippen LogP contribution in [0.25, 0.3) is 0 Å². The van der Waals surface area contributed by atoms with E-state index in [0.29, 0.717) is 25.7 Å². The van der Waals surface area contributed by atoms with Crippen molar-refractivity contribution in [2.45, 2.75) is 19.3 Å². The first-order valence-corrected chi connectivity index (χ1v) is 10.5. The molecule has 1 fully saturated rings. The van der Waals surface area contributed by atoms with E-state index >= 15 is 0 Å². The van der Waals surface area contributed by atoms with Crippen molar-refractivity contribution in [1.82, 2.24) is 10.2 Å². The van der Waals surface area contributed by atoms with E-state index in [1.54, 1.807) is 13.4 Å². The van der Waals surface area contributed by atoms with E-state index in [1.807, 2.05) is 12.1 Å². The van der Waals surface area contributed by atoms with Gasteiger partial charge in [0.15, 0.2) is 5.96 Å². The van der Waals surface area contributed by atoms with Gasteiger partial charge in [-0.05, 0) is 30.5 Å². The average molecular weight is 527 g/mol. The third-order valence-electron chi connectivity index (χ3n) is 5.11. The summed E-state index contributed by atoms with van der Waals surface area (Å²) in [5, 5.41) is 3.57. The van der Waals surface area contributed by atoms with Crippen molar-refractivity contribution in [3.63, 3.8) is 0 Å². The molecule has 1 saturated heterocycles. The Hall–Kier alpha value is -1.58. The number of hydrogen-bond donors (Lipinski definition) is 1. The summed E-state index contributed by atoms with van der Waals surface area (Å²) in [7, 11) is 1.70. The zero-order valence-electron chi connectivity index (χ0n) is 17.8. The zero-order chi connectivity index (χ0) is 20.2. The molecule has 1 atom stereocenters. The van der Waals surface area contributed by atoms with E-state index in [-0.39, 0.29) is 24.0 Å². The maximum atomic E-state index is 5.73. The van der Waals surface area contributed by atoms with Crippen LogP contribution in [0.5, 0.6) is 0 Å². The topological polar surface area (TPSA) is 59.2 Å². The fourth-order valence-electron chi connectivity index (χ4n) is 3.51. The van der Waals surface area contributed by atoms with Gasteiger partial charge in [0.25, 0.3) is 0 Å². The molecule has 30 heavy (non-hydrogen) atoms. The van der Waals surface area contributed by atoms with Gasteiger partial charge in [0, 0.05) is 45.6 Å². The molecule has 0 amide bonds. The number of halogens is 1. The Balaban J connectivity index is 0.00000320. The lowest BCUT2D eigenvalue weighted by Gasteiger charge is -2.22. The second-order valence-electron chi connectivity index (χ2n) is 7.37. The van der Waals surface area contributed by atoms with Crippen LogP contribution in [0.15, 0.2) is 58.1 Å². The first kappa shape index (κ1) is 24.7. The van der Waals surface area contributed by atoms with Crippen LogP contribution in [0.3, 0.4) is 0 Å². The van der Waals surface area contributed by atoms with Gasteiger partial charge < -0.3 is 24.1 Å². The Kier molecular flexibility index (Phi) is 11.9. The molecule has 2 heterocycles. The number of hydrogen-bond acceptors (Lipinski definition) is 4. The number of methoxy groups -OCH3 is 1. The molecule has 0 bridgehead atoms. The quantitative estimate of drug-likeness (QED) is 0.210. The minimum absolute atomic E-state index is 0. The Morgan fingerprint density at radius 1 is 1.17 bits per heavy atom. The molecule has 1 aromatic carbocycles. The highest BCUT2D eigenvalue weighted by Crippen LogP contribution is 2.17. The van der Waals surface area contributed by atoms with Gasteiger partial charge in [0.05, 0.1) is 26.1 Å². The second-order valence-corrected chi connectivity index (χ2v) is 7.37. The smallest absolute Gasteiger partial charge is 0.193 e. The standard InChI is InChI=1S/C23H33N3O3.HI/c1-27-16-17-28-19-21-11-14-26(18-21)23(25-13-10-22-8-5-15-29-22)24-12-9-20-6-3-2-4-7-20;/h2-8,15,21H,9-14,16-19H2,1H3,(H,24,25);1H. The maximum Gasteiger partial charge on any atom is 0.193 e. The number of guanidine groups is 1. The van der Waals surface area contributed by atoms with Gasteiger partial charge >= 0.3 is 0 Å². The SMILES string of the molecule is COCCOCC1CCN(C(=NCCc2ccco2)NCCc2ccccc2)C1.I. The van der Waals surface area contributed by atoms with Crippen LogP contribution in [-0.4, -0.2) is 64.0 Å². The minimum atomic E-state index is 0. The summed E-state index contributed by atoms with van der Waals surface area (Å²) >= 11 is 0. The fourth-order valence-corrected chi connectivity index (χ4v) is 3.51. The van der Waals surface area contributed by atoms with E-state index in [4.69, 9.17) is 18.9 Å². The van der Waals surface area contributed by atoms with E-state index in [2.05, 4.69) is 40.5 Å². The lowest BCUT2D eigenvalue weighted by molar-refractivity contribution is 0.0536. The van der Waals surface area contributed by atoms with Crippen LogP contribution in [0, 0.1) is 5.92 Å². The number of rotatable bonds is 11. The van der Waals surface area contributed by atoms with Gasteiger partial charge in [-0.3, -0.25) is 4.99 Å². The molecule has 1 unspecified atom stereocenters. The summed E-state index contributed by atoms with van der Waals surface area (Å²) in [5.41, 5.74) is 1.33. The van der Waals surface area contributed by atoms with E-state index in [9.17, 15) is 0 Å². The highest BCUT2D eigenvalue weighted by molar-refractivity contribution is 14.0. The van der Waals surface area contributed by atoms with Crippen molar-refractivity contribution in [3.8, 4) is 0 Å². The van der Waals surface area contributed by atoms with E-state index < -0.39 is 0 Å². The van der Waals surface area contributed by atoms with Gasteiger partial charge in [-0.25, -0.2) is 0 Å². The number of benzene rings is 1. The molecule has 1 aliphatic heterocycles. The lowest BCUT2D eigenvalue weighted by atomic mass is 10.1. The molecular weight excluding hydrogens is 493 g/mol. The Bertz CT molecular complexity index is 710. The molecule has 0 radical (unpaired) electrons. The molecule has 166 valence electrons. The van der Waals surface area contributed by atoms with E-state index in [1.165, 1.54) is 5.56 Å². The summed E-state index contributed by atoms with van der Waals surface area (Å²) in [6.45, 7) is 5.66. The largest absolute Gasteiger partial charge is 0.469 e. The molecule has 1 N–H and O–H groups in total. The summed E-state index contributed by atoms with van der Waals surface area (Å²) in [6.07, 6.45) is 4.64. The molecule has 7 heteroatoms. The third-order valence-corrected chi connectivity index (χ3v) is 5.11. The van der Waals surface area contributed by atoms with Crippen molar-refractivity contribution in [2.75, 3.05) is 53.1 Å². The number of ether oxygens (including phenoxy) is 2. The monoisotopic (exact) mass is 527 g/mol. The predicted octanol–water partition coefficient (Wildman–Crippen LogP) is 3.61. The van der Waals surface area contributed by atoms with Crippen LogP contribution < -0.4 is 5.32 Å². The van der Waals surface area contributed by atoms with Crippen molar-refractivity contribution in [1.29, 1.82) is 0 Å². The molecular formula is C23H34IN3O3. The highest BCUT2D eigenvalue weighted by atomic mass is 127. The number of nitrogens with zero attached hydrogens (tertiary/aromatic N) is 2. The first-order chi connectivity index (χ1) is 14.3. The molecule has 1 aliphatic rings. The number of aliphatic imine (C=N–C) groups is 1. The summed E-state index contributed by atoms with van der Waals surface area (Å²) in [6, 6.07) is 14.5. The second kappa shape index (κ2) is 14.4. The summed E-state index contributed by atoms with van der Waals surface area (Å²) < 4.78 is 16.2. The molecule has 2 aromatic rings. The number of likely N-dealkylation sites (tertiary alicyclic amines) is 1. The zero-order valence-corrected chi connectivity index (χ0v) is 20.1. The van der Waals surface area contributed by atoms with Crippen molar-refractivity contribution < 1.29 is 13.9 Å². The summed E-state index contributed by atoms with van der Waals surface area (Å²) in [5.74, 6) is 2.51. The predicted molar refractivity (Wildman–Crippen MR) is 131 cm³/mol. The van der Waals surface area contributed by atoms with Crippen LogP contribution in [0.4, 0.5) is 0 Å². The average Bonchev–Trinajstić information content (AvgIpc) is 3.43. The van der Waals surface area contributed by atoms with E-state index in [0.717, 1.165) is 57.2 Å². The van der Waals surface area contributed by atoms with Crippen molar-refractivity contribution in [2.24, 2.45) is 10.9 Å². The van der Waals surface area contributed by atoms with Crippen LogP contribution in [0.2, 0.25) is 0 Å². The molecule has 0 aliphatic carbocycles.